The molecule has 0 saturated heterocycles. The van der Waals surface area contributed by atoms with Gasteiger partial charge in [-0.2, -0.15) is 0 Å². The van der Waals surface area contributed by atoms with Crippen LogP contribution in [-0.4, -0.2) is 30.6 Å². The van der Waals surface area contributed by atoms with Crippen LogP contribution >= 0.6 is 0 Å². The van der Waals surface area contributed by atoms with Crippen LogP contribution in [0.4, 0.5) is 10.1 Å². The highest BCUT2D eigenvalue weighted by Crippen LogP contribution is 2.19. The average molecular weight is 368 g/mol. The molecular weight excluding hydrogens is 351 g/mol. The highest BCUT2D eigenvalue weighted by atomic mass is 19.1. The number of ether oxygens (including phenoxy) is 2. The summed E-state index contributed by atoms with van der Waals surface area (Å²) in [5.41, 5.74) is 1.59. The summed E-state index contributed by atoms with van der Waals surface area (Å²) in [6, 6.07) is 12.5. The minimum Gasteiger partial charge on any atom is -0.497 e. The fraction of sp³-hybridized carbons (Fsp3) is 0.150. The Morgan fingerprint density at radius 2 is 1.96 bits per heavy atom. The average Bonchev–Trinajstić information content (AvgIpc) is 2.65. The van der Waals surface area contributed by atoms with E-state index in [4.69, 9.17) is 9.47 Å². The third kappa shape index (κ3) is 4.38. The molecule has 3 aromatic rings. The summed E-state index contributed by atoms with van der Waals surface area (Å²) in [6.45, 7) is 1.17. The van der Waals surface area contributed by atoms with Gasteiger partial charge in [0, 0.05) is 23.2 Å². The zero-order valence-electron chi connectivity index (χ0n) is 14.8. The maximum atomic E-state index is 13.3. The molecule has 0 bridgehead atoms. The van der Waals surface area contributed by atoms with Crippen molar-refractivity contribution in [3.05, 3.63) is 65.6 Å². The number of aryl methyl sites for hydroxylation is 1. The summed E-state index contributed by atoms with van der Waals surface area (Å²) in [4.78, 5) is 28.5. The molecule has 2 aromatic carbocycles. The first kappa shape index (κ1) is 18.3. The van der Waals surface area contributed by atoms with Crippen LogP contribution in [0.1, 0.15) is 16.1 Å². The number of fused-ring (bicyclic) bond motifs is 1. The smallest absolute Gasteiger partial charge is 0.340 e. The molecule has 6 nitrogen and oxygen atoms in total. The van der Waals surface area contributed by atoms with Crippen LogP contribution < -0.4 is 10.1 Å². The Labute approximate surface area is 154 Å². The number of hydrogen-bond acceptors (Lipinski definition) is 5. The summed E-state index contributed by atoms with van der Waals surface area (Å²) in [5, 5.41) is 3.23. The number of esters is 1. The molecule has 1 aromatic heterocycles. The van der Waals surface area contributed by atoms with Crippen LogP contribution in [0.5, 0.6) is 5.75 Å². The standard InChI is InChI=1S/C20H17FN2O4/c1-12-17(8-13-6-7-14(21)9-18(13)22-12)20(25)27-11-19(24)23-15-4-3-5-16(10-15)26-2/h3-10H,11H2,1-2H3,(H,23,24). The predicted octanol–water partition coefficient (Wildman–Crippen LogP) is 3.49. The Kier molecular flexibility index (Phi) is 5.30. The second-order valence-electron chi connectivity index (χ2n) is 5.81. The number of benzene rings is 2. The Hall–Kier alpha value is -3.48. The maximum absolute atomic E-state index is 13.3. The van der Waals surface area contributed by atoms with E-state index in [2.05, 4.69) is 10.3 Å². The number of aromatic nitrogens is 1. The first-order valence-corrected chi connectivity index (χ1v) is 8.14. The van der Waals surface area contributed by atoms with E-state index in [9.17, 15) is 14.0 Å². The van der Waals surface area contributed by atoms with Crippen LogP contribution in [-0.2, 0) is 9.53 Å². The molecule has 7 heteroatoms. The van der Waals surface area contributed by atoms with Crippen molar-refractivity contribution in [1.82, 2.24) is 4.98 Å². The maximum Gasteiger partial charge on any atom is 0.340 e. The molecule has 3 rings (SSSR count). The van der Waals surface area contributed by atoms with Gasteiger partial charge in [-0.05, 0) is 37.3 Å². The van der Waals surface area contributed by atoms with E-state index in [1.165, 1.54) is 25.3 Å². The monoisotopic (exact) mass is 368 g/mol. The van der Waals surface area contributed by atoms with Crippen molar-refractivity contribution in [2.75, 3.05) is 19.0 Å². The van der Waals surface area contributed by atoms with Gasteiger partial charge in [0.2, 0.25) is 0 Å². The summed E-state index contributed by atoms with van der Waals surface area (Å²) in [6.07, 6.45) is 0. The van der Waals surface area contributed by atoms with Crippen molar-refractivity contribution in [2.45, 2.75) is 6.92 Å². The molecule has 0 radical (unpaired) electrons. The Balaban J connectivity index is 1.66. The number of nitrogens with zero attached hydrogens (tertiary/aromatic N) is 1. The molecule has 1 amide bonds. The summed E-state index contributed by atoms with van der Waals surface area (Å²) < 4.78 is 23.4. The van der Waals surface area contributed by atoms with E-state index in [0.717, 1.165) is 0 Å². The molecule has 0 aliphatic carbocycles. The van der Waals surface area contributed by atoms with Gasteiger partial charge in [0.25, 0.3) is 5.91 Å². The minimum absolute atomic E-state index is 0.225. The second kappa shape index (κ2) is 7.82. The molecular formula is C20H17FN2O4. The fourth-order valence-corrected chi connectivity index (χ4v) is 2.55. The number of methoxy groups -OCH3 is 1. The molecule has 0 aliphatic heterocycles. The van der Waals surface area contributed by atoms with Crippen LogP contribution in [0.3, 0.4) is 0 Å². The fourth-order valence-electron chi connectivity index (χ4n) is 2.55. The first-order chi connectivity index (χ1) is 13.0. The lowest BCUT2D eigenvalue weighted by molar-refractivity contribution is -0.119. The number of amides is 1. The largest absolute Gasteiger partial charge is 0.497 e. The number of pyridine rings is 1. The van der Waals surface area contributed by atoms with Gasteiger partial charge >= 0.3 is 5.97 Å². The van der Waals surface area contributed by atoms with E-state index >= 15 is 0 Å². The molecule has 0 unspecified atom stereocenters. The quantitative estimate of drug-likeness (QED) is 0.698. The van der Waals surface area contributed by atoms with Gasteiger partial charge in [0.15, 0.2) is 6.61 Å². The Morgan fingerprint density at radius 1 is 1.15 bits per heavy atom. The Morgan fingerprint density at radius 3 is 2.74 bits per heavy atom. The van der Waals surface area contributed by atoms with E-state index < -0.39 is 24.3 Å². The lowest BCUT2D eigenvalue weighted by Gasteiger charge is -2.09. The summed E-state index contributed by atoms with van der Waals surface area (Å²) in [7, 11) is 1.52. The first-order valence-electron chi connectivity index (χ1n) is 8.14. The van der Waals surface area contributed by atoms with E-state index in [-0.39, 0.29) is 5.56 Å². The molecule has 0 fully saturated rings. The van der Waals surface area contributed by atoms with Gasteiger partial charge in [0.1, 0.15) is 11.6 Å². The van der Waals surface area contributed by atoms with Gasteiger partial charge in [-0.3, -0.25) is 9.78 Å². The number of halogens is 1. The van der Waals surface area contributed by atoms with Crippen LogP contribution in [0.15, 0.2) is 48.5 Å². The van der Waals surface area contributed by atoms with Gasteiger partial charge in [-0.1, -0.05) is 6.07 Å². The highest BCUT2D eigenvalue weighted by Gasteiger charge is 2.15. The van der Waals surface area contributed by atoms with Crippen molar-refractivity contribution < 1.29 is 23.5 Å². The molecule has 0 atom stereocenters. The Bertz CT molecular complexity index is 1020. The molecule has 27 heavy (non-hydrogen) atoms. The lowest BCUT2D eigenvalue weighted by Crippen LogP contribution is -2.21. The van der Waals surface area contributed by atoms with E-state index in [1.54, 1.807) is 37.3 Å². The third-order valence-corrected chi connectivity index (χ3v) is 3.88. The van der Waals surface area contributed by atoms with E-state index in [1.807, 2.05) is 0 Å². The van der Waals surface area contributed by atoms with Crippen molar-refractivity contribution >= 4 is 28.5 Å². The normalized spacial score (nSPS) is 10.5. The molecule has 0 saturated carbocycles. The molecule has 138 valence electrons. The minimum atomic E-state index is -0.674. The second-order valence-corrected chi connectivity index (χ2v) is 5.81. The predicted molar refractivity (Wildman–Crippen MR) is 98.3 cm³/mol. The lowest BCUT2D eigenvalue weighted by atomic mass is 10.1. The van der Waals surface area contributed by atoms with Gasteiger partial charge in [-0.15, -0.1) is 0 Å². The summed E-state index contributed by atoms with van der Waals surface area (Å²) in [5.74, 6) is -0.963. The van der Waals surface area contributed by atoms with Crippen LogP contribution in [0, 0.1) is 12.7 Å². The topological polar surface area (TPSA) is 77.5 Å². The van der Waals surface area contributed by atoms with Crippen molar-refractivity contribution in [3.63, 3.8) is 0 Å². The highest BCUT2D eigenvalue weighted by molar-refractivity contribution is 5.98. The molecule has 0 aliphatic rings. The SMILES string of the molecule is COc1cccc(NC(=O)COC(=O)c2cc3ccc(F)cc3nc2C)c1. The summed E-state index contributed by atoms with van der Waals surface area (Å²) >= 11 is 0. The van der Waals surface area contributed by atoms with Crippen LogP contribution in [0.25, 0.3) is 10.9 Å². The van der Waals surface area contributed by atoms with Crippen molar-refractivity contribution in [2.24, 2.45) is 0 Å². The third-order valence-electron chi connectivity index (χ3n) is 3.88. The number of nitrogens with one attached hydrogen (secondary N) is 1. The molecule has 0 spiro atoms. The van der Waals surface area contributed by atoms with Crippen molar-refractivity contribution in [1.29, 1.82) is 0 Å². The number of carbonyl (C=O) groups excluding carboxylic acids is 2. The molecule has 1 heterocycles. The number of hydrogen-bond donors (Lipinski definition) is 1. The molecule has 1 N–H and O–H groups in total. The zero-order chi connectivity index (χ0) is 19.4. The number of anilines is 1. The van der Waals surface area contributed by atoms with Crippen molar-refractivity contribution in [3.8, 4) is 5.75 Å². The number of rotatable bonds is 5. The number of carbonyl (C=O) groups is 2. The zero-order valence-corrected chi connectivity index (χ0v) is 14.8. The van der Waals surface area contributed by atoms with Crippen LogP contribution in [0.2, 0.25) is 0 Å². The van der Waals surface area contributed by atoms with Gasteiger partial charge in [0.05, 0.1) is 23.9 Å². The van der Waals surface area contributed by atoms with Gasteiger partial charge < -0.3 is 14.8 Å². The van der Waals surface area contributed by atoms with E-state index in [0.29, 0.717) is 28.0 Å². The van der Waals surface area contributed by atoms with Gasteiger partial charge in [-0.25, -0.2) is 9.18 Å².